The molecule has 1 aromatic carbocycles. The Labute approximate surface area is 88.9 Å². The van der Waals surface area contributed by atoms with Crippen molar-refractivity contribution in [1.29, 1.82) is 0 Å². The van der Waals surface area contributed by atoms with E-state index in [0.29, 0.717) is 11.3 Å². The minimum atomic E-state index is 0.376. The number of rotatable bonds is 1. The topological polar surface area (TPSA) is 0 Å². The van der Waals surface area contributed by atoms with E-state index < -0.39 is 0 Å². The first-order valence-corrected chi connectivity index (χ1v) is 5.46. The van der Waals surface area contributed by atoms with Crippen LogP contribution in [0.15, 0.2) is 24.3 Å². The normalized spacial score (nSPS) is 27.8. The Hall–Kier alpha value is -0.200. The molecule has 1 aliphatic rings. The number of alkyl halides is 1. The van der Waals surface area contributed by atoms with Crippen LogP contribution in [0, 0.1) is 0 Å². The zero-order valence-corrected chi connectivity index (χ0v) is 8.85. The van der Waals surface area contributed by atoms with Gasteiger partial charge in [0.05, 0.1) is 0 Å². The van der Waals surface area contributed by atoms with Gasteiger partial charge in [0.2, 0.25) is 0 Å². The number of benzene rings is 1. The first kappa shape index (κ1) is 9.36. The molecule has 0 nitrogen and oxygen atoms in total. The van der Waals surface area contributed by atoms with Crippen LogP contribution in [0.5, 0.6) is 0 Å². The van der Waals surface area contributed by atoms with Crippen LogP contribution in [0.2, 0.25) is 5.02 Å². The van der Waals surface area contributed by atoms with Gasteiger partial charge in [0, 0.05) is 10.4 Å². The van der Waals surface area contributed by atoms with Crippen LogP contribution in [0.3, 0.4) is 0 Å². The lowest BCUT2D eigenvalue weighted by atomic mass is 9.98. The SMILES string of the molecule is Clc1ccc(C2CCC(Cl)C2)cc1. The summed E-state index contributed by atoms with van der Waals surface area (Å²) in [6.07, 6.45) is 3.48. The summed E-state index contributed by atoms with van der Waals surface area (Å²) >= 11 is 11.9. The van der Waals surface area contributed by atoms with E-state index in [1.165, 1.54) is 12.0 Å². The fourth-order valence-electron chi connectivity index (χ4n) is 1.96. The van der Waals surface area contributed by atoms with Crippen LogP contribution in [-0.4, -0.2) is 5.38 Å². The summed E-state index contributed by atoms with van der Waals surface area (Å²) in [5.74, 6) is 0.653. The third-order valence-electron chi connectivity index (χ3n) is 2.71. The highest BCUT2D eigenvalue weighted by Gasteiger charge is 2.23. The van der Waals surface area contributed by atoms with Gasteiger partial charge in [-0.3, -0.25) is 0 Å². The highest BCUT2D eigenvalue weighted by molar-refractivity contribution is 6.30. The quantitative estimate of drug-likeness (QED) is 0.615. The zero-order chi connectivity index (χ0) is 9.26. The molecule has 0 saturated heterocycles. The maximum Gasteiger partial charge on any atom is 0.0406 e. The summed E-state index contributed by atoms with van der Waals surface area (Å²) < 4.78 is 0. The number of hydrogen-bond donors (Lipinski definition) is 0. The van der Waals surface area contributed by atoms with E-state index in [4.69, 9.17) is 23.2 Å². The summed E-state index contributed by atoms with van der Waals surface area (Å²) in [7, 11) is 0. The molecule has 0 spiro atoms. The molecule has 0 heterocycles. The summed E-state index contributed by atoms with van der Waals surface area (Å²) in [6.45, 7) is 0. The van der Waals surface area contributed by atoms with Crippen molar-refractivity contribution in [2.24, 2.45) is 0 Å². The van der Waals surface area contributed by atoms with Gasteiger partial charge >= 0.3 is 0 Å². The maximum absolute atomic E-state index is 6.06. The summed E-state index contributed by atoms with van der Waals surface area (Å²) in [5.41, 5.74) is 1.38. The minimum Gasteiger partial charge on any atom is -0.123 e. The smallest absolute Gasteiger partial charge is 0.0406 e. The number of halogens is 2. The molecule has 0 radical (unpaired) electrons. The third kappa shape index (κ3) is 2.18. The van der Waals surface area contributed by atoms with Crippen molar-refractivity contribution in [3.8, 4) is 0 Å². The Balaban J connectivity index is 2.13. The fraction of sp³-hybridized carbons (Fsp3) is 0.455. The largest absolute Gasteiger partial charge is 0.123 e. The van der Waals surface area contributed by atoms with E-state index in [2.05, 4.69) is 12.1 Å². The van der Waals surface area contributed by atoms with Gasteiger partial charge in [-0.2, -0.15) is 0 Å². The zero-order valence-electron chi connectivity index (χ0n) is 7.34. The molecule has 2 heteroatoms. The molecule has 1 aliphatic carbocycles. The molecular formula is C11H12Cl2. The lowest BCUT2D eigenvalue weighted by Gasteiger charge is -2.08. The maximum atomic E-state index is 6.06. The second-order valence-electron chi connectivity index (χ2n) is 3.66. The van der Waals surface area contributed by atoms with Gasteiger partial charge in [-0.15, -0.1) is 11.6 Å². The molecule has 70 valence electrons. The van der Waals surface area contributed by atoms with Gasteiger partial charge in [0.25, 0.3) is 0 Å². The van der Waals surface area contributed by atoms with Gasteiger partial charge in [-0.1, -0.05) is 23.7 Å². The molecule has 2 unspecified atom stereocenters. The summed E-state index contributed by atoms with van der Waals surface area (Å²) in [6, 6.07) is 8.14. The molecule has 0 aliphatic heterocycles. The Morgan fingerprint density at radius 1 is 1.08 bits per heavy atom. The van der Waals surface area contributed by atoms with Crippen molar-refractivity contribution in [2.75, 3.05) is 0 Å². The summed E-state index contributed by atoms with van der Waals surface area (Å²) in [4.78, 5) is 0. The van der Waals surface area contributed by atoms with Crippen LogP contribution in [0.1, 0.15) is 30.7 Å². The van der Waals surface area contributed by atoms with Gasteiger partial charge in [0.15, 0.2) is 0 Å². The van der Waals surface area contributed by atoms with Gasteiger partial charge in [-0.25, -0.2) is 0 Å². The van der Waals surface area contributed by atoms with Gasteiger partial charge < -0.3 is 0 Å². The Kier molecular flexibility index (Phi) is 2.80. The lowest BCUT2D eigenvalue weighted by Crippen LogP contribution is -1.93. The Morgan fingerprint density at radius 2 is 1.77 bits per heavy atom. The monoisotopic (exact) mass is 214 g/mol. The molecular weight excluding hydrogens is 203 g/mol. The Bertz CT molecular complexity index is 279. The molecule has 1 fully saturated rings. The highest BCUT2D eigenvalue weighted by Crippen LogP contribution is 2.37. The second-order valence-corrected chi connectivity index (χ2v) is 4.71. The first-order valence-electron chi connectivity index (χ1n) is 4.65. The molecule has 0 aromatic heterocycles. The van der Waals surface area contributed by atoms with E-state index in [1.54, 1.807) is 0 Å². The highest BCUT2D eigenvalue weighted by atomic mass is 35.5. The molecule has 0 amide bonds. The lowest BCUT2D eigenvalue weighted by molar-refractivity contribution is 0.724. The van der Waals surface area contributed by atoms with Crippen LogP contribution in [-0.2, 0) is 0 Å². The third-order valence-corrected chi connectivity index (χ3v) is 3.36. The van der Waals surface area contributed by atoms with Crippen LogP contribution < -0.4 is 0 Å². The van der Waals surface area contributed by atoms with E-state index >= 15 is 0 Å². The molecule has 0 N–H and O–H groups in total. The molecule has 1 saturated carbocycles. The average Bonchev–Trinajstić information content (AvgIpc) is 2.53. The Morgan fingerprint density at radius 3 is 2.31 bits per heavy atom. The van der Waals surface area contributed by atoms with Crippen LogP contribution in [0.25, 0.3) is 0 Å². The van der Waals surface area contributed by atoms with Crippen molar-refractivity contribution in [1.82, 2.24) is 0 Å². The minimum absolute atomic E-state index is 0.376. The van der Waals surface area contributed by atoms with Crippen molar-refractivity contribution in [3.05, 3.63) is 34.9 Å². The van der Waals surface area contributed by atoms with E-state index in [9.17, 15) is 0 Å². The van der Waals surface area contributed by atoms with Gasteiger partial charge in [0.1, 0.15) is 0 Å². The fourth-order valence-corrected chi connectivity index (χ4v) is 2.43. The molecule has 1 aromatic rings. The number of hydrogen-bond acceptors (Lipinski definition) is 0. The molecule has 0 bridgehead atoms. The summed E-state index contributed by atoms with van der Waals surface area (Å²) in [5, 5.41) is 1.19. The van der Waals surface area contributed by atoms with Crippen molar-refractivity contribution >= 4 is 23.2 Å². The van der Waals surface area contributed by atoms with E-state index in [0.717, 1.165) is 17.9 Å². The predicted molar refractivity (Wildman–Crippen MR) is 57.7 cm³/mol. The predicted octanol–water partition coefficient (Wildman–Crippen LogP) is 4.21. The molecule has 2 atom stereocenters. The van der Waals surface area contributed by atoms with Crippen molar-refractivity contribution in [3.63, 3.8) is 0 Å². The second kappa shape index (κ2) is 3.89. The van der Waals surface area contributed by atoms with E-state index in [-0.39, 0.29) is 0 Å². The van der Waals surface area contributed by atoms with Gasteiger partial charge in [-0.05, 0) is 42.9 Å². The van der Waals surface area contributed by atoms with Crippen LogP contribution >= 0.6 is 23.2 Å². The molecule has 13 heavy (non-hydrogen) atoms. The molecule has 2 rings (SSSR count). The standard InChI is InChI=1S/C11H12Cl2/c12-10-4-1-8(2-5-10)9-3-6-11(13)7-9/h1-2,4-5,9,11H,3,6-7H2. The van der Waals surface area contributed by atoms with Crippen molar-refractivity contribution in [2.45, 2.75) is 30.6 Å². The average molecular weight is 215 g/mol. The van der Waals surface area contributed by atoms with Crippen molar-refractivity contribution < 1.29 is 0 Å². The first-order chi connectivity index (χ1) is 6.25. The van der Waals surface area contributed by atoms with Crippen LogP contribution in [0.4, 0.5) is 0 Å². The van der Waals surface area contributed by atoms with E-state index in [1.807, 2.05) is 12.1 Å².